The van der Waals surface area contributed by atoms with Gasteiger partial charge in [-0.2, -0.15) is 0 Å². The van der Waals surface area contributed by atoms with Crippen LogP contribution in [0.5, 0.6) is 0 Å². The Balaban J connectivity index is 0.00000261. The zero-order valence-corrected chi connectivity index (χ0v) is 18.7. The first-order chi connectivity index (χ1) is 12.8. The molecule has 0 bridgehead atoms. The van der Waals surface area contributed by atoms with Gasteiger partial charge in [0.2, 0.25) is 0 Å². The predicted molar refractivity (Wildman–Crippen MR) is 121 cm³/mol. The van der Waals surface area contributed by atoms with Crippen LogP contribution in [0.25, 0.3) is 0 Å². The second-order valence-corrected chi connectivity index (χ2v) is 6.71. The molecule has 0 spiro atoms. The van der Waals surface area contributed by atoms with Crippen molar-refractivity contribution in [3.63, 3.8) is 0 Å². The van der Waals surface area contributed by atoms with E-state index < -0.39 is 0 Å². The number of aryl methyl sites for hydroxylation is 1. The van der Waals surface area contributed by atoms with Crippen LogP contribution in [0.1, 0.15) is 12.8 Å². The first-order valence-electron chi connectivity index (χ1n) is 9.05. The minimum Gasteiger partial charge on any atom is -0.367 e. The smallest absolute Gasteiger partial charge is 0.193 e. The number of anilines is 1. The number of benzene rings is 1. The zero-order valence-electron chi connectivity index (χ0n) is 15.6. The van der Waals surface area contributed by atoms with Crippen LogP contribution < -0.4 is 10.2 Å². The Morgan fingerprint density at radius 3 is 2.48 bits per heavy atom. The van der Waals surface area contributed by atoms with Gasteiger partial charge in [-0.05, 0) is 25.0 Å². The van der Waals surface area contributed by atoms with Gasteiger partial charge in [-0.15, -0.1) is 34.2 Å². The quantitative estimate of drug-likeness (QED) is 0.284. The molecule has 148 valence electrons. The highest BCUT2D eigenvalue weighted by Crippen LogP contribution is 2.25. The van der Waals surface area contributed by atoms with Crippen molar-refractivity contribution >= 4 is 47.2 Å². The first-order valence-corrected chi connectivity index (χ1v) is 9.43. The molecular weight excluding hydrogens is 477 g/mol. The summed E-state index contributed by atoms with van der Waals surface area (Å²) in [4.78, 5) is 9.09. The lowest BCUT2D eigenvalue weighted by Crippen LogP contribution is -2.52. The summed E-state index contributed by atoms with van der Waals surface area (Å²) in [5.74, 6) is 0.980. The lowest BCUT2D eigenvalue weighted by atomic mass is 10.2. The third-order valence-corrected chi connectivity index (χ3v) is 4.90. The summed E-state index contributed by atoms with van der Waals surface area (Å²) in [6.45, 7) is 5.62. The van der Waals surface area contributed by atoms with Crippen molar-refractivity contribution in [3.05, 3.63) is 41.9 Å². The maximum absolute atomic E-state index is 6.32. The molecule has 9 heteroatoms. The average molecular weight is 504 g/mol. The minimum absolute atomic E-state index is 0. The third kappa shape index (κ3) is 6.24. The van der Waals surface area contributed by atoms with E-state index in [1.54, 1.807) is 12.7 Å². The largest absolute Gasteiger partial charge is 0.367 e. The fourth-order valence-electron chi connectivity index (χ4n) is 3.16. The maximum Gasteiger partial charge on any atom is 0.193 e. The number of para-hydroxylation sites is 1. The average Bonchev–Trinajstić information content (AvgIpc) is 3.19. The molecule has 7 nitrogen and oxygen atoms in total. The summed E-state index contributed by atoms with van der Waals surface area (Å²) in [6.07, 6.45) is 5.68. The topological polar surface area (TPSA) is 61.6 Å². The van der Waals surface area contributed by atoms with Crippen molar-refractivity contribution in [2.75, 3.05) is 44.7 Å². The van der Waals surface area contributed by atoms with Crippen molar-refractivity contribution in [2.24, 2.45) is 4.99 Å². The van der Waals surface area contributed by atoms with E-state index in [4.69, 9.17) is 11.6 Å². The molecule has 0 atom stereocenters. The molecule has 3 rings (SSSR count). The van der Waals surface area contributed by atoms with E-state index in [1.807, 2.05) is 29.8 Å². The SMILES string of the molecule is CN=C(NCCCCn1cnnc1)N1CCN(c2ccccc2Cl)CC1.I. The highest BCUT2D eigenvalue weighted by molar-refractivity contribution is 14.0. The molecule has 1 fully saturated rings. The monoisotopic (exact) mass is 503 g/mol. The number of nitrogens with zero attached hydrogens (tertiary/aromatic N) is 6. The Labute approximate surface area is 182 Å². The van der Waals surface area contributed by atoms with Crippen molar-refractivity contribution in [2.45, 2.75) is 19.4 Å². The molecule has 1 N–H and O–H groups in total. The van der Waals surface area contributed by atoms with Crippen molar-refractivity contribution < 1.29 is 0 Å². The normalized spacial score (nSPS) is 14.8. The number of hydrogen-bond donors (Lipinski definition) is 1. The zero-order chi connectivity index (χ0) is 18.2. The summed E-state index contributed by atoms with van der Waals surface area (Å²) < 4.78 is 2.00. The lowest BCUT2D eigenvalue weighted by Gasteiger charge is -2.38. The molecule has 1 aromatic carbocycles. The van der Waals surface area contributed by atoms with Gasteiger partial charge in [-0.3, -0.25) is 4.99 Å². The van der Waals surface area contributed by atoms with Crippen LogP contribution in [0.15, 0.2) is 41.9 Å². The van der Waals surface area contributed by atoms with Crippen LogP contribution >= 0.6 is 35.6 Å². The van der Waals surface area contributed by atoms with E-state index in [0.29, 0.717) is 0 Å². The van der Waals surface area contributed by atoms with Crippen LogP contribution in [-0.4, -0.2) is 65.4 Å². The Bertz CT molecular complexity index is 699. The fraction of sp³-hybridized carbons (Fsp3) is 0.500. The molecule has 2 heterocycles. The molecule has 1 aromatic heterocycles. The summed E-state index contributed by atoms with van der Waals surface area (Å²) in [6, 6.07) is 8.04. The predicted octanol–water partition coefficient (Wildman–Crippen LogP) is 2.73. The second kappa shape index (κ2) is 11.3. The Kier molecular flexibility index (Phi) is 9.12. The number of hydrogen-bond acceptors (Lipinski definition) is 4. The van der Waals surface area contributed by atoms with E-state index in [-0.39, 0.29) is 24.0 Å². The highest BCUT2D eigenvalue weighted by Gasteiger charge is 2.20. The summed E-state index contributed by atoms with van der Waals surface area (Å²) in [7, 11) is 1.85. The Hall–Kier alpha value is -1.55. The molecule has 2 aromatic rings. The second-order valence-electron chi connectivity index (χ2n) is 6.31. The van der Waals surface area contributed by atoms with Gasteiger partial charge in [0.25, 0.3) is 0 Å². The first kappa shape index (κ1) is 21.7. The summed E-state index contributed by atoms with van der Waals surface area (Å²) >= 11 is 6.32. The molecular formula is C18H27ClIN7. The van der Waals surface area contributed by atoms with Crippen LogP contribution in [0.4, 0.5) is 5.69 Å². The number of rotatable bonds is 6. The van der Waals surface area contributed by atoms with Crippen LogP contribution in [0, 0.1) is 0 Å². The van der Waals surface area contributed by atoms with Gasteiger partial charge >= 0.3 is 0 Å². The summed E-state index contributed by atoms with van der Waals surface area (Å²) in [5.41, 5.74) is 1.12. The molecule has 0 unspecified atom stereocenters. The van der Waals surface area contributed by atoms with Crippen molar-refractivity contribution in [3.8, 4) is 0 Å². The molecule has 0 aliphatic carbocycles. The van der Waals surface area contributed by atoms with E-state index in [0.717, 1.165) is 68.8 Å². The van der Waals surface area contributed by atoms with Gasteiger partial charge in [-0.1, -0.05) is 23.7 Å². The lowest BCUT2D eigenvalue weighted by molar-refractivity contribution is 0.372. The number of aromatic nitrogens is 3. The molecule has 0 radical (unpaired) electrons. The standard InChI is InChI=1S/C18H26ClN7.HI/c1-20-18(21-8-4-5-9-24-14-22-23-15-24)26-12-10-25(11-13-26)17-7-3-2-6-16(17)19;/h2-3,6-7,14-15H,4-5,8-13H2,1H3,(H,20,21);1H. The minimum atomic E-state index is 0. The molecule has 0 amide bonds. The number of unbranched alkanes of at least 4 members (excludes halogenated alkanes) is 1. The van der Waals surface area contributed by atoms with Crippen molar-refractivity contribution in [1.82, 2.24) is 25.0 Å². The van der Waals surface area contributed by atoms with Crippen LogP contribution in [0.3, 0.4) is 0 Å². The van der Waals surface area contributed by atoms with E-state index in [9.17, 15) is 0 Å². The number of aliphatic imine (C=N–C) groups is 1. The fourth-order valence-corrected chi connectivity index (χ4v) is 3.41. The Morgan fingerprint density at radius 1 is 1.11 bits per heavy atom. The number of nitrogens with one attached hydrogen (secondary N) is 1. The van der Waals surface area contributed by atoms with Gasteiger partial charge in [-0.25, -0.2) is 0 Å². The van der Waals surface area contributed by atoms with Crippen molar-refractivity contribution in [1.29, 1.82) is 0 Å². The molecule has 0 saturated carbocycles. The number of guanidine groups is 1. The summed E-state index contributed by atoms with van der Waals surface area (Å²) in [5, 5.41) is 11.9. The van der Waals surface area contributed by atoms with E-state index in [2.05, 4.69) is 36.4 Å². The molecule has 27 heavy (non-hydrogen) atoms. The molecule has 1 aliphatic rings. The highest BCUT2D eigenvalue weighted by atomic mass is 127. The van der Waals surface area contributed by atoms with Gasteiger partial charge in [0.1, 0.15) is 12.7 Å². The number of piperazine rings is 1. The van der Waals surface area contributed by atoms with Gasteiger partial charge < -0.3 is 19.7 Å². The number of halogens is 2. The maximum atomic E-state index is 6.32. The van der Waals surface area contributed by atoms with Gasteiger partial charge in [0, 0.05) is 46.3 Å². The molecule has 1 aliphatic heterocycles. The van der Waals surface area contributed by atoms with Crippen LogP contribution in [-0.2, 0) is 6.54 Å². The Morgan fingerprint density at radius 2 is 1.81 bits per heavy atom. The third-order valence-electron chi connectivity index (χ3n) is 4.58. The molecule has 1 saturated heterocycles. The van der Waals surface area contributed by atoms with E-state index >= 15 is 0 Å². The van der Waals surface area contributed by atoms with Gasteiger partial charge in [0.05, 0.1) is 10.7 Å². The van der Waals surface area contributed by atoms with Crippen LogP contribution in [0.2, 0.25) is 5.02 Å². The van der Waals surface area contributed by atoms with E-state index in [1.165, 1.54) is 0 Å². The van der Waals surface area contributed by atoms with Gasteiger partial charge in [0.15, 0.2) is 5.96 Å².